The highest BCUT2D eigenvalue weighted by molar-refractivity contribution is 5.79. The molecular formula is C24H34N5O3+. The third kappa shape index (κ3) is 4.13. The van der Waals surface area contributed by atoms with E-state index >= 15 is 0 Å². The molecule has 6 rings (SSSR count). The minimum absolute atomic E-state index is 0.0650. The molecule has 4 aliphatic rings. The van der Waals surface area contributed by atoms with Gasteiger partial charge in [-0.1, -0.05) is 36.3 Å². The lowest BCUT2D eigenvalue weighted by Gasteiger charge is -2.46. The summed E-state index contributed by atoms with van der Waals surface area (Å²) in [4.78, 5) is 14.5. The molecule has 1 aliphatic carbocycles. The van der Waals surface area contributed by atoms with Crippen LogP contribution in [-0.2, 0) is 23.5 Å². The first kappa shape index (κ1) is 21.4. The molecule has 172 valence electrons. The number of benzene rings is 1. The van der Waals surface area contributed by atoms with Crippen LogP contribution in [0.1, 0.15) is 49.8 Å². The van der Waals surface area contributed by atoms with E-state index in [9.17, 15) is 9.90 Å². The van der Waals surface area contributed by atoms with Crippen molar-refractivity contribution in [3.63, 3.8) is 0 Å². The number of fused-ring (bicyclic) bond motifs is 3. The number of carbonyl (C=O) groups excluding carboxylic acids is 1. The number of para-hydroxylation sites is 1. The van der Waals surface area contributed by atoms with Crippen LogP contribution < -0.4 is 15.0 Å². The van der Waals surface area contributed by atoms with E-state index in [1.54, 1.807) is 7.11 Å². The Hall–Kier alpha value is -2.45. The van der Waals surface area contributed by atoms with Crippen molar-refractivity contribution in [1.82, 2.24) is 20.3 Å². The van der Waals surface area contributed by atoms with E-state index in [1.165, 1.54) is 4.90 Å². The fraction of sp³-hybridized carbons (Fsp3) is 0.625. The lowest BCUT2D eigenvalue weighted by molar-refractivity contribution is -0.945. The monoisotopic (exact) mass is 440 g/mol. The lowest BCUT2D eigenvalue weighted by Crippen LogP contribution is -3.20. The number of methoxy groups -OCH3 is 1. The van der Waals surface area contributed by atoms with Gasteiger partial charge < -0.3 is 20.1 Å². The van der Waals surface area contributed by atoms with Crippen molar-refractivity contribution in [3.8, 4) is 5.75 Å². The number of rotatable bonds is 7. The molecule has 1 amide bonds. The van der Waals surface area contributed by atoms with Crippen LogP contribution in [0.5, 0.6) is 5.75 Å². The van der Waals surface area contributed by atoms with Gasteiger partial charge >= 0.3 is 0 Å². The number of aromatic nitrogens is 3. The fourth-order valence-electron chi connectivity index (χ4n) is 6.02. The van der Waals surface area contributed by atoms with Gasteiger partial charge in [0.05, 0.1) is 38.9 Å². The molecule has 2 bridgehead atoms. The smallest absolute Gasteiger partial charge is 0.229 e. The molecule has 4 atom stereocenters. The van der Waals surface area contributed by atoms with E-state index in [2.05, 4.69) is 15.6 Å². The number of ether oxygens (including phenoxy) is 1. The second kappa shape index (κ2) is 8.83. The molecule has 4 heterocycles. The van der Waals surface area contributed by atoms with E-state index in [0.717, 1.165) is 75.2 Å². The summed E-state index contributed by atoms with van der Waals surface area (Å²) in [6.07, 6.45) is 7.71. The first-order chi connectivity index (χ1) is 15.6. The SMILES string of the molecule is COc1ccccc1CNC(=O)[C@H]1C[NH+]2CC[C@@H]1C[C@@H]2Cn1cc(C2(O)CCCC2)nn1. The van der Waals surface area contributed by atoms with Crippen molar-refractivity contribution < 1.29 is 19.5 Å². The number of hydrogen-bond acceptors (Lipinski definition) is 5. The Morgan fingerprint density at radius 2 is 2.16 bits per heavy atom. The molecule has 3 aliphatic heterocycles. The van der Waals surface area contributed by atoms with Gasteiger partial charge in [0.25, 0.3) is 0 Å². The van der Waals surface area contributed by atoms with Crippen LogP contribution in [0.4, 0.5) is 0 Å². The van der Waals surface area contributed by atoms with Crippen molar-refractivity contribution in [3.05, 3.63) is 41.7 Å². The van der Waals surface area contributed by atoms with Gasteiger partial charge in [0, 0.05) is 24.9 Å². The molecule has 3 saturated heterocycles. The normalized spacial score (nSPS) is 28.6. The van der Waals surface area contributed by atoms with Crippen LogP contribution in [-0.4, -0.2) is 52.2 Å². The molecule has 3 N–H and O–H groups in total. The summed E-state index contributed by atoms with van der Waals surface area (Å²) in [5.74, 6) is 1.44. The second-order valence-electron chi connectivity index (χ2n) is 9.79. The number of nitrogens with one attached hydrogen (secondary N) is 2. The van der Waals surface area contributed by atoms with Gasteiger partial charge in [-0.25, -0.2) is 4.68 Å². The molecule has 8 heteroatoms. The van der Waals surface area contributed by atoms with Crippen LogP contribution in [0, 0.1) is 11.8 Å². The van der Waals surface area contributed by atoms with E-state index in [1.807, 2.05) is 35.1 Å². The number of quaternary nitrogens is 1. The lowest BCUT2D eigenvalue weighted by atomic mass is 9.75. The van der Waals surface area contributed by atoms with Crippen molar-refractivity contribution >= 4 is 5.91 Å². The number of amides is 1. The summed E-state index contributed by atoms with van der Waals surface area (Å²) in [7, 11) is 1.66. The number of aliphatic hydroxyl groups is 1. The fourth-order valence-corrected chi connectivity index (χ4v) is 6.02. The summed E-state index contributed by atoms with van der Waals surface area (Å²) >= 11 is 0. The number of hydrogen-bond donors (Lipinski definition) is 3. The van der Waals surface area contributed by atoms with Crippen molar-refractivity contribution in [1.29, 1.82) is 0 Å². The third-order valence-electron chi connectivity index (χ3n) is 7.89. The predicted molar refractivity (Wildman–Crippen MR) is 118 cm³/mol. The molecule has 1 aromatic heterocycles. The quantitative estimate of drug-likeness (QED) is 0.588. The second-order valence-corrected chi connectivity index (χ2v) is 9.79. The summed E-state index contributed by atoms with van der Waals surface area (Å²) in [5, 5.41) is 22.5. The van der Waals surface area contributed by atoms with Gasteiger partial charge in [0.2, 0.25) is 5.91 Å². The topological polar surface area (TPSA) is 93.7 Å². The Kier molecular flexibility index (Phi) is 5.90. The highest BCUT2D eigenvalue weighted by Gasteiger charge is 2.46. The van der Waals surface area contributed by atoms with Crippen LogP contribution in [0.25, 0.3) is 0 Å². The molecule has 0 radical (unpaired) electrons. The number of carbonyl (C=O) groups is 1. The molecule has 2 aromatic rings. The third-order valence-corrected chi connectivity index (χ3v) is 7.89. The first-order valence-electron chi connectivity index (χ1n) is 11.9. The van der Waals surface area contributed by atoms with Gasteiger partial charge in [-0.15, -0.1) is 5.10 Å². The Balaban J connectivity index is 1.18. The van der Waals surface area contributed by atoms with Crippen molar-refractivity contribution in [2.24, 2.45) is 11.8 Å². The van der Waals surface area contributed by atoms with Gasteiger partial charge in [-0.3, -0.25) is 4.79 Å². The average molecular weight is 441 g/mol. The Morgan fingerprint density at radius 3 is 2.91 bits per heavy atom. The molecule has 0 spiro atoms. The maximum Gasteiger partial charge on any atom is 0.229 e. The van der Waals surface area contributed by atoms with Crippen molar-refractivity contribution in [2.45, 2.75) is 63.3 Å². The summed E-state index contributed by atoms with van der Waals surface area (Å²) in [5.41, 5.74) is 0.928. The first-order valence-corrected chi connectivity index (χ1v) is 11.9. The van der Waals surface area contributed by atoms with Crippen LogP contribution in [0.3, 0.4) is 0 Å². The van der Waals surface area contributed by atoms with Gasteiger partial charge in [0.1, 0.15) is 23.1 Å². The van der Waals surface area contributed by atoms with Crippen molar-refractivity contribution in [2.75, 3.05) is 20.2 Å². The molecule has 1 aromatic carbocycles. The van der Waals surface area contributed by atoms with Crippen LogP contribution in [0.2, 0.25) is 0 Å². The van der Waals surface area contributed by atoms with E-state index in [0.29, 0.717) is 18.5 Å². The largest absolute Gasteiger partial charge is 0.496 e. The Morgan fingerprint density at radius 1 is 1.34 bits per heavy atom. The number of nitrogens with zero attached hydrogens (tertiary/aromatic N) is 3. The zero-order valence-electron chi connectivity index (χ0n) is 18.8. The zero-order chi connectivity index (χ0) is 22.1. The molecule has 1 saturated carbocycles. The molecule has 4 fully saturated rings. The van der Waals surface area contributed by atoms with E-state index < -0.39 is 5.60 Å². The van der Waals surface area contributed by atoms with Gasteiger partial charge in [0.15, 0.2) is 0 Å². The molecule has 8 nitrogen and oxygen atoms in total. The maximum absolute atomic E-state index is 13.0. The molecule has 32 heavy (non-hydrogen) atoms. The average Bonchev–Trinajstić information content (AvgIpc) is 3.48. The highest BCUT2D eigenvalue weighted by atomic mass is 16.5. The highest BCUT2D eigenvalue weighted by Crippen LogP contribution is 2.37. The van der Waals surface area contributed by atoms with Gasteiger partial charge in [-0.05, 0) is 24.8 Å². The zero-order valence-corrected chi connectivity index (χ0v) is 18.8. The maximum atomic E-state index is 13.0. The van der Waals surface area contributed by atoms with Gasteiger partial charge in [-0.2, -0.15) is 0 Å². The molecular weight excluding hydrogens is 406 g/mol. The molecule has 1 unspecified atom stereocenters. The summed E-state index contributed by atoms with van der Waals surface area (Å²) < 4.78 is 7.30. The van der Waals surface area contributed by atoms with E-state index in [-0.39, 0.29) is 11.8 Å². The summed E-state index contributed by atoms with van der Waals surface area (Å²) in [6, 6.07) is 8.26. The van der Waals surface area contributed by atoms with Crippen LogP contribution >= 0.6 is 0 Å². The minimum Gasteiger partial charge on any atom is -0.496 e. The van der Waals surface area contributed by atoms with Crippen LogP contribution in [0.15, 0.2) is 30.5 Å². The predicted octanol–water partition coefficient (Wildman–Crippen LogP) is 0.658. The van der Waals surface area contributed by atoms with E-state index in [4.69, 9.17) is 4.74 Å². The summed E-state index contributed by atoms with van der Waals surface area (Å²) in [6.45, 7) is 3.27. The standard InChI is InChI=1S/C24H33N5O3/c1-32-21-7-3-2-6-18(21)13-25-23(30)20-15-28-11-8-17(20)12-19(28)14-29-16-22(26-27-29)24(31)9-4-5-10-24/h2-3,6-7,16-17,19-20,31H,4-5,8-15H2,1H3,(H,25,30)/p+1/t17-,19-,20+/m1/s1. The minimum atomic E-state index is -0.790. The Labute approximate surface area is 188 Å². The Bertz CT molecular complexity index is 955. The number of piperidine rings is 3.